The lowest BCUT2D eigenvalue weighted by molar-refractivity contribution is 0.414. The number of rotatable bonds is 4. The standard InChI is InChI=1S/C8H13ClN4O2S/c1-6(2)13(3)16(14,15)12-7-4-5-10-8(9)11-7/h4-6H,1-3H3,(H,10,11,12). The predicted octanol–water partition coefficient (Wildman–Crippen LogP) is 1.13. The molecule has 0 aliphatic carbocycles. The van der Waals surface area contributed by atoms with Gasteiger partial charge in [0.05, 0.1) is 0 Å². The molecule has 8 heteroatoms. The van der Waals surface area contributed by atoms with Crippen LogP contribution in [0.2, 0.25) is 5.28 Å². The summed E-state index contributed by atoms with van der Waals surface area (Å²) in [5.41, 5.74) is 0. The maximum Gasteiger partial charge on any atom is 0.302 e. The maximum atomic E-state index is 11.8. The van der Waals surface area contributed by atoms with Crippen LogP contribution in [0.25, 0.3) is 0 Å². The molecule has 1 N–H and O–H groups in total. The number of nitrogens with zero attached hydrogens (tertiary/aromatic N) is 3. The van der Waals surface area contributed by atoms with Crippen molar-refractivity contribution in [2.75, 3.05) is 11.8 Å². The normalized spacial score (nSPS) is 12.1. The number of hydrogen-bond donors (Lipinski definition) is 1. The van der Waals surface area contributed by atoms with Crippen LogP contribution in [0.4, 0.5) is 5.82 Å². The molecule has 0 aliphatic heterocycles. The quantitative estimate of drug-likeness (QED) is 0.827. The number of hydrogen-bond acceptors (Lipinski definition) is 4. The lowest BCUT2D eigenvalue weighted by Gasteiger charge is -2.21. The summed E-state index contributed by atoms with van der Waals surface area (Å²) >= 11 is 5.55. The molecule has 0 saturated heterocycles. The van der Waals surface area contributed by atoms with Crippen LogP contribution in [0.15, 0.2) is 12.3 Å². The second-order valence-electron chi connectivity index (χ2n) is 3.43. The zero-order valence-corrected chi connectivity index (χ0v) is 10.7. The molecule has 90 valence electrons. The van der Waals surface area contributed by atoms with Crippen LogP contribution >= 0.6 is 11.6 Å². The van der Waals surface area contributed by atoms with E-state index in [1.54, 1.807) is 13.8 Å². The highest BCUT2D eigenvalue weighted by molar-refractivity contribution is 7.90. The van der Waals surface area contributed by atoms with Gasteiger partial charge in [0.15, 0.2) is 0 Å². The van der Waals surface area contributed by atoms with Gasteiger partial charge in [0.2, 0.25) is 5.28 Å². The molecule has 1 rings (SSSR count). The molecule has 0 fully saturated rings. The first kappa shape index (κ1) is 13.1. The molecule has 1 aromatic rings. The van der Waals surface area contributed by atoms with Gasteiger partial charge in [-0.3, -0.25) is 4.72 Å². The fraction of sp³-hybridized carbons (Fsp3) is 0.500. The Bertz CT molecular complexity index is 463. The van der Waals surface area contributed by atoms with Crippen molar-refractivity contribution >= 4 is 27.6 Å². The highest BCUT2D eigenvalue weighted by Crippen LogP contribution is 2.11. The average Bonchev–Trinajstić information content (AvgIpc) is 2.15. The number of aromatic nitrogens is 2. The zero-order chi connectivity index (χ0) is 12.3. The highest BCUT2D eigenvalue weighted by atomic mass is 35.5. The molecule has 0 unspecified atom stereocenters. The van der Waals surface area contributed by atoms with E-state index in [0.717, 1.165) is 0 Å². The summed E-state index contributed by atoms with van der Waals surface area (Å²) in [5.74, 6) is 0.146. The van der Waals surface area contributed by atoms with E-state index in [9.17, 15) is 8.42 Å². The molecule has 0 radical (unpaired) electrons. The lowest BCUT2D eigenvalue weighted by Crippen LogP contribution is -2.37. The third kappa shape index (κ3) is 3.29. The van der Waals surface area contributed by atoms with E-state index < -0.39 is 10.2 Å². The minimum atomic E-state index is -3.59. The topological polar surface area (TPSA) is 75.2 Å². The minimum absolute atomic E-state index is 0.00704. The molecule has 0 aromatic carbocycles. The van der Waals surface area contributed by atoms with Gasteiger partial charge in [-0.05, 0) is 31.5 Å². The van der Waals surface area contributed by atoms with Crippen molar-refractivity contribution in [3.63, 3.8) is 0 Å². The summed E-state index contributed by atoms with van der Waals surface area (Å²) in [5, 5.41) is -0.00704. The van der Waals surface area contributed by atoms with Gasteiger partial charge in [-0.2, -0.15) is 17.7 Å². The van der Waals surface area contributed by atoms with Gasteiger partial charge in [-0.25, -0.2) is 4.98 Å². The summed E-state index contributed by atoms with van der Waals surface area (Å²) < 4.78 is 27.0. The van der Waals surface area contributed by atoms with Crippen LogP contribution in [-0.2, 0) is 10.2 Å². The van der Waals surface area contributed by atoms with Crippen molar-refractivity contribution < 1.29 is 8.42 Å². The molecule has 0 aliphatic rings. The van der Waals surface area contributed by atoms with E-state index in [1.165, 1.54) is 23.6 Å². The number of halogens is 1. The second kappa shape index (κ2) is 4.94. The van der Waals surface area contributed by atoms with Gasteiger partial charge in [-0.1, -0.05) is 0 Å². The van der Waals surface area contributed by atoms with Crippen LogP contribution in [0.3, 0.4) is 0 Å². The summed E-state index contributed by atoms with van der Waals surface area (Å²) in [4.78, 5) is 7.39. The van der Waals surface area contributed by atoms with Gasteiger partial charge in [-0.15, -0.1) is 0 Å². The lowest BCUT2D eigenvalue weighted by atomic mass is 10.4. The van der Waals surface area contributed by atoms with Gasteiger partial charge in [0.1, 0.15) is 5.82 Å². The smallest absolute Gasteiger partial charge is 0.254 e. The average molecular weight is 265 g/mol. The Balaban J connectivity index is 2.89. The molecule has 0 atom stereocenters. The Labute approximate surface area is 99.8 Å². The van der Waals surface area contributed by atoms with E-state index in [0.29, 0.717) is 0 Å². The minimum Gasteiger partial charge on any atom is -0.254 e. The van der Waals surface area contributed by atoms with Crippen LogP contribution < -0.4 is 4.72 Å². The molecule has 16 heavy (non-hydrogen) atoms. The molecule has 6 nitrogen and oxygen atoms in total. The van der Waals surface area contributed by atoms with Gasteiger partial charge >= 0.3 is 10.2 Å². The first-order chi connectivity index (χ1) is 7.33. The molecule has 1 aromatic heterocycles. The molecule has 1 heterocycles. The molecule has 0 spiro atoms. The molecule has 0 saturated carbocycles. The van der Waals surface area contributed by atoms with Crippen LogP contribution in [0.5, 0.6) is 0 Å². The van der Waals surface area contributed by atoms with Crippen molar-refractivity contribution in [2.24, 2.45) is 0 Å². The van der Waals surface area contributed by atoms with E-state index in [-0.39, 0.29) is 17.1 Å². The third-order valence-corrected chi connectivity index (χ3v) is 3.80. The maximum absolute atomic E-state index is 11.8. The Hall–Kier alpha value is -0.920. The Morgan fingerprint density at radius 3 is 2.62 bits per heavy atom. The predicted molar refractivity (Wildman–Crippen MR) is 62.5 cm³/mol. The van der Waals surface area contributed by atoms with Crippen molar-refractivity contribution in [2.45, 2.75) is 19.9 Å². The first-order valence-corrected chi connectivity index (χ1v) is 6.39. The van der Waals surface area contributed by atoms with Crippen molar-refractivity contribution in [1.29, 1.82) is 0 Å². The highest BCUT2D eigenvalue weighted by Gasteiger charge is 2.20. The fourth-order valence-corrected chi connectivity index (χ4v) is 2.10. The molecular formula is C8H13ClN4O2S. The summed E-state index contributed by atoms with van der Waals surface area (Å²) in [6, 6.07) is 1.28. The van der Waals surface area contributed by atoms with Crippen molar-refractivity contribution in [3.05, 3.63) is 17.5 Å². The van der Waals surface area contributed by atoms with Gasteiger partial charge in [0, 0.05) is 19.3 Å². The monoisotopic (exact) mass is 264 g/mol. The van der Waals surface area contributed by atoms with Gasteiger partial charge in [0.25, 0.3) is 0 Å². The van der Waals surface area contributed by atoms with E-state index in [4.69, 9.17) is 11.6 Å². The van der Waals surface area contributed by atoms with E-state index in [2.05, 4.69) is 14.7 Å². The summed E-state index contributed by atoms with van der Waals surface area (Å²) in [6.45, 7) is 3.54. The number of anilines is 1. The van der Waals surface area contributed by atoms with Gasteiger partial charge < -0.3 is 0 Å². The summed E-state index contributed by atoms with van der Waals surface area (Å²) in [7, 11) is -2.11. The van der Waals surface area contributed by atoms with Crippen LogP contribution in [0.1, 0.15) is 13.8 Å². The first-order valence-electron chi connectivity index (χ1n) is 4.57. The largest absolute Gasteiger partial charge is 0.302 e. The second-order valence-corrected chi connectivity index (χ2v) is 5.50. The van der Waals surface area contributed by atoms with Crippen molar-refractivity contribution in [1.82, 2.24) is 14.3 Å². The molecular weight excluding hydrogens is 252 g/mol. The molecule has 0 bridgehead atoms. The van der Waals surface area contributed by atoms with Crippen LogP contribution in [0, 0.1) is 0 Å². The molecule has 0 amide bonds. The fourth-order valence-electron chi connectivity index (χ4n) is 0.873. The van der Waals surface area contributed by atoms with Crippen LogP contribution in [-0.4, -0.2) is 35.8 Å². The Kier molecular flexibility index (Phi) is 4.06. The van der Waals surface area contributed by atoms with Crippen molar-refractivity contribution in [3.8, 4) is 0 Å². The Morgan fingerprint density at radius 2 is 2.12 bits per heavy atom. The zero-order valence-electron chi connectivity index (χ0n) is 9.18. The Morgan fingerprint density at radius 1 is 1.50 bits per heavy atom. The van der Waals surface area contributed by atoms with E-state index >= 15 is 0 Å². The third-order valence-electron chi connectivity index (χ3n) is 1.97. The SMILES string of the molecule is CC(C)N(C)S(=O)(=O)Nc1ccnc(Cl)n1. The summed E-state index contributed by atoms with van der Waals surface area (Å²) in [6.07, 6.45) is 1.38. The van der Waals surface area contributed by atoms with E-state index in [1.807, 2.05) is 0 Å². The number of nitrogens with one attached hydrogen (secondary N) is 1.